The van der Waals surface area contributed by atoms with E-state index in [2.05, 4.69) is 59.9 Å². The molecular weight excluding hydrogens is 302 g/mol. The molecule has 0 saturated heterocycles. The second-order valence-electron chi connectivity index (χ2n) is 4.94. The average Bonchev–Trinajstić information content (AvgIpc) is 2.39. The Morgan fingerprint density at radius 3 is 2.58 bits per heavy atom. The van der Waals surface area contributed by atoms with E-state index < -0.39 is 0 Å². The van der Waals surface area contributed by atoms with Gasteiger partial charge in [-0.1, -0.05) is 48.0 Å². The first kappa shape index (κ1) is 14.1. The zero-order valence-electron chi connectivity index (χ0n) is 11.5. The van der Waals surface area contributed by atoms with Crippen molar-refractivity contribution >= 4 is 15.9 Å². The number of hydrogen-bond acceptors (Lipinski definition) is 2. The lowest BCUT2D eigenvalue weighted by atomic mass is 10.0. The van der Waals surface area contributed by atoms with E-state index in [0.29, 0.717) is 11.8 Å². The molecule has 1 heterocycles. The second-order valence-corrected chi connectivity index (χ2v) is 5.50. The number of pyridine rings is 1. The van der Waals surface area contributed by atoms with Gasteiger partial charge in [-0.15, -0.1) is 0 Å². The summed E-state index contributed by atoms with van der Waals surface area (Å²) in [7, 11) is 0. The summed E-state index contributed by atoms with van der Waals surface area (Å²) in [5.74, 6) is 1.96. The van der Waals surface area contributed by atoms with Crippen molar-refractivity contribution in [2.45, 2.75) is 32.0 Å². The van der Waals surface area contributed by atoms with Crippen LogP contribution in [-0.2, 0) is 5.33 Å². The molecule has 0 saturated carbocycles. The summed E-state index contributed by atoms with van der Waals surface area (Å²) in [5, 5.41) is 0.808. The van der Waals surface area contributed by atoms with Gasteiger partial charge in [-0.2, -0.15) is 0 Å². The number of ether oxygens (including phenoxy) is 1. The second kappa shape index (κ2) is 6.20. The maximum absolute atomic E-state index is 5.92. The van der Waals surface area contributed by atoms with Crippen LogP contribution in [0.5, 0.6) is 11.6 Å². The summed E-state index contributed by atoms with van der Waals surface area (Å²) >= 11 is 3.41. The van der Waals surface area contributed by atoms with Crippen LogP contribution in [0.3, 0.4) is 0 Å². The normalized spacial score (nSPS) is 10.8. The number of rotatable bonds is 4. The Morgan fingerprint density at radius 2 is 2.00 bits per heavy atom. The molecule has 2 nitrogen and oxygen atoms in total. The average molecular weight is 320 g/mol. The van der Waals surface area contributed by atoms with Gasteiger partial charge in [0.25, 0.3) is 0 Å². The van der Waals surface area contributed by atoms with Gasteiger partial charge in [0.1, 0.15) is 5.75 Å². The molecule has 0 aliphatic carbocycles. The van der Waals surface area contributed by atoms with Crippen LogP contribution in [0.4, 0.5) is 0 Å². The highest BCUT2D eigenvalue weighted by Crippen LogP contribution is 2.30. The first-order valence-electron chi connectivity index (χ1n) is 6.39. The van der Waals surface area contributed by atoms with Crippen molar-refractivity contribution in [3.8, 4) is 11.6 Å². The lowest BCUT2D eigenvalue weighted by Gasteiger charge is -2.14. The molecule has 0 spiro atoms. The van der Waals surface area contributed by atoms with Crippen LogP contribution in [0.1, 0.15) is 36.5 Å². The highest BCUT2D eigenvalue weighted by atomic mass is 79.9. The van der Waals surface area contributed by atoms with Crippen LogP contribution in [0.25, 0.3) is 0 Å². The van der Waals surface area contributed by atoms with Gasteiger partial charge in [0.15, 0.2) is 0 Å². The summed E-state index contributed by atoms with van der Waals surface area (Å²) in [6.45, 7) is 6.40. The van der Waals surface area contributed by atoms with Crippen molar-refractivity contribution in [1.82, 2.24) is 4.98 Å². The number of nitrogens with zero attached hydrogens (tertiary/aromatic N) is 1. The van der Waals surface area contributed by atoms with Gasteiger partial charge in [-0.05, 0) is 35.6 Å². The maximum atomic E-state index is 5.92. The lowest BCUT2D eigenvalue weighted by molar-refractivity contribution is 0.454. The summed E-state index contributed by atoms with van der Waals surface area (Å²) < 4.78 is 5.92. The molecule has 1 aromatic heterocycles. The predicted molar refractivity (Wildman–Crippen MR) is 82.2 cm³/mol. The van der Waals surface area contributed by atoms with Crippen molar-refractivity contribution in [2.24, 2.45) is 0 Å². The largest absolute Gasteiger partial charge is 0.439 e. The van der Waals surface area contributed by atoms with Crippen LogP contribution in [0.2, 0.25) is 0 Å². The Kier molecular flexibility index (Phi) is 4.59. The number of alkyl halides is 1. The SMILES string of the molecule is Cc1ccc(C(C)C)c(Oc2ccc(CBr)cn2)c1. The van der Waals surface area contributed by atoms with Gasteiger partial charge in [0.05, 0.1) is 0 Å². The Balaban J connectivity index is 2.28. The lowest BCUT2D eigenvalue weighted by Crippen LogP contribution is -1.96. The minimum atomic E-state index is 0.428. The molecule has 0 atom stereocenters. The maximum Gasteiger partial charge on any atom is 0.219 e. The van der Waals surface area contributed by atoms with Gasteiger partial charge in [-0.25, -0.2) is 4.98 Å². The molecule has 0 aliphatic rings. The molecule has 0 unspecified atom stereocenters. The van der Waals surface area contributed by atoms with E-state index >= 15 is 0 Å². The molecule has 0 aliphatic heterocycles. The number of benzene rings is 1. The van der Waals surface area contributed by atoms with Crippen molar-refractivity contribution in [2.75, 3.05) is 0 Å². The standard InChI is InChI=1S/C16H18BrNO/c1-11(2)14-6-4-12(3)8-15(14)19-16-7-5-13(9-17)10-18-16/h4-8,10-11H,9H2,1-3H3. The van der Waals surface area contributed by atoms with Crippen LogP contribution in [-0.4, -0.2) is 4.98 Å². The van der Waals surface area contributed by atoms with E-state index in [1.165, 1.54) is 11.1 Å². The first-order chi connectivity index (χ1) is 9.10. The highest BCUT2D eigenvalue weighted by Gasteiger charge is 2.09. The smallest absolute Gasteiger partial charge is 0.219 e. The summed E-state index contributed by atoms with van der Waals surface area (Å²) in [4.78, 5) is 4.32. The fourth-order valence-corrected chi connectivity index (χ4v) is 2.20. The Bertz CT molecular complexity index is 549. The van der Waals surface area contributed by atoms with Crippen LogP contribution >= 0.6 is 15.9 Å². The molecule has 1 aromatic carbocycles. The van der Waals surface area contributed by atoms with E-state index in [1.54, 1.807) is 0 Å². The van der Waals surface area contributed by atoms with Crippen molar-refractivity contribution in [3.63, 3.8) is 0 Å². The molecule has 0 amide bonds. The number of hydrogen-bond donors (Lipinski definition) is 0. The van der Waals surface area contributed by atoms with Gasteiger partial charge in [0.2, 0.25) is 5.88 Å². The van der Waals surface area contributed by atoms with Crippen molar-refractivity contribution < 1.29 is 4.74 Å². The molecule has 0 radical (unpaired) electrons. The zero-order chi connectivity index (χ0) is 13.8. The van der Waals surface area contributed by atoms with E-state index in [1.807, 2.05) is 18.3 Å². The van der Waals surface area contributed by atoms with Crippen LogP contribution in [0.15, 0.2) is 36.5 Å². The third kappa shape index (κ3) is 3.57. The summed E-state index contributed by atoms with van der Waals surface area (Å²) in [5.41, 5.74) is 3.54. The molecule has 19 heavy (non-hydrogen) atoms. The molecule has 0 N–H and O–H groups in total. The zero-order valence-corrected chi connectivity index (χ0v) is 13.1. The Labute approximate surface area is 123 Å². The fraction of sp³-hybridized carbons (Fsp3) is 0.312. The van der Waals surface area contributed by atoms with E-state index in [-0.39, 0.29) is 0 Å². The predicted octanol–water partition coefficient (Wildman–Crippen LogP) is 5.20. The molecule has 100 valence electrons. The third-order valence-corrected chi connectivity index (χ3v) is 3.60. The molecular formula is C16H18BrNO. The molecule has 2 aromatic rings. The summed E-state index contributed by atoms with van der Waals surface area (Å²) in [6.07, 6.45) is 1.83. The van der Waals surface area contributed by atoms with Crippen molar-refractivity contribution in [1.29, 1.82) is 0 Å². The quantitative estimate of drug-likeness (QED) is 0.722. The third-order valence-electron chi connectivity index (χ3n) is 2.96. The monoisotopic (exact) mass is 319 g/mol. The van der Waals surface area contributed by atoms with Crippen molar-refractivity contribution in [3.05, 3.63) is 53.2 Å². The first-order valence-corrected chi connectivity index (χ1v) is 7.51. The molecule has 3 heteroatoms. The van der Waals surface area contributed by atoms with Gasteiger partial charge in [-0.3, -0.25) is 0 Å². The molecule has 2 rings (SSSR count). The molecule has 0 bridgehead atoms. The van der Waals surface area contributed by atoms with Crippen LogP contribution in [0, 0.1) is 6.92 Å². The Morgan fingerprint density at radius 1 is 1.21 bits per heavy atom. The topological polar surface area (TPSA) is 22.1 Å². The Hall–Kier alpha value is -1.35. The van der Waals surface area contributed by atoms with Crippen LogP contribution < -0.4 is 4.74 Å². The number of aromatic nitrogens is 1. The highest BCUT2D eigenvalue weighted by molar-refractivity contribution is 9.08. The van der Waals surface area contributed by atoms with E-state index in [4.69, 9.17) is 4.74 Å². The summed E-state index contributed by atoms with van der Waals surface area (Å²) in [6, 6.07) is 10.2. The van der Waals surface area contributed by atoms with E-state index in [0.717, 1.165) is 16.6 Å². The van der Waals surface area contributed by atoms with Gasteiger partial charge < -0.3 is 4.74 Å². The fourth-order valence-electron chi connectivity index (χ4n) is 1.87. The minimum absolute atomic E-state index is 0.428. The number of aryl methyl sites for hydroxylation is 1. The minimum Gasteiger partial charge on any atom is -0.439 e. The molecule has 0 fully saturated rings. The number of halogens is 1. The van der Waals surface area contributed by atoms with Gasteiger partial charge in [0, 0.05) is 17.6 Å². The van der Waals surface area contributed by atoms with Gasteiger partial charge >= 0.3 is 0 Å². The van der Waals surface area contributed by atoms with E-state index in [9.17, 15) is 0 Å².